The molecule has 1 amide bonds. The fraction of sp³-hybridized carbons (Fsp3) is 0.375. The topological polar surface area (TPSA) is 84.3 Å². The quantitative estimate of drug-likeness (QED) is 0.648. The van der Waals surface area contributed by atoms with Gasteiger partial charge in [-0.2, -0.15) is 0 Å². The van der Waals surface area contributed by atoms with E-state index in [2.05, 4.69) is 15.3 Å². The highest BCUT2D eigenvalue weighted by atomic mass is 19.1. The average Bonchev–Trinajstić information content (AvgIpc) is 2.79. The van der Waals surface area contributed by atoms with Crippen molar-refractivity contribution in [1.82, 2.24) is 15.3 Å². The molecule has 7 heteroatoms. The van der Waals surface area contributed by atoms with Crippen molar-refractivity contribution in [1.29, 1.82) is 0 Å². The predicted molar refractivity (Wildman–Crippen MR) is 116 cm³/mol. The summed E-state index contributed by atoms with van der Waals surface area (Å²) in [7, 11) is 1.52. The molecule has 1 atom stereocenters. The zero-order valence-electron chi connectivity index (χ0n) is 17.6. The van der Waals surface area contributed by atoms with Crippen LogP contribution in [0.25, 0.3) is 10.9 Å². The zero-order valence-corrected chi connectivity index (χ0v) is 17.6. The molecule has 162 valence electrons. The number of hydrogen-bond acceptors (Lipinski definition) is 5. The molecule has 4 rings (SSSR count). The number of benzene rings is 1. The smallest absolute Gasteiger partial charge is 0.253 e. The molecule has 0 bridgehead atoms. The van der Waals surface area contributed by atoms with Gasteiger partial charge in [0.05, 0.1) is 29.8 Å². The van der Waals surface area contributed by atoms with Crippen LogP contribution in [-0.4, -0.2) is 39.7 Å². The van der Waals surface area contributed by atoms with E-state index >= 15 is 0 Å². The van der Waals surface area contributed by atoms with E-state index in [1.165, 1.54) is 25.4 Å². The van der Waals surface area contributed by atoms with Gasteiger partial charge < -0.3 is 15.2 Å². The number of aliphatic hydroxyl groups is 1. The van der Waals surface area contributed by atoms with Gasteiger partial charge in [-0.1, -0.05) is 0 Å². The first kappa shape index (κ1) is 21.2. The first-order valence-corrected chi connectivity index (χ1v) is 10.5. The lowest BCUT2D eigenvalue weighted by Crippen LogP contribution is -2.52. The number of halogens is 1. The van der Waals surface area contributed by atoms with E-state index in [9.17, 15) is 14.3 Å². The molecule has 1 fully saturated rings. The van der Waals surface area contributed by atoms with Gasteiger partial charge in [0.2, 0.25) is 5.88 Å². The molecule has 2 heterocycles. The molecule has 0 spiro atoms. The van der Waals surface area contributed by atoms with Crippen LogP contribution in [0, 0.1) is 5.82 Å². The predicted octanol–water partition coefficient (Wildman–Crippen LogP) is 3.98. The number of methoxy groups -OCH3 is 1. The Kier molecular flexibility index (Phi) is 5.87. The summed E-state index contributed by atoms with van der Waals surface area (Å²) in [5.74, 6) is 0.0820. The van der Waals surface area contributed by atoms with Crippen LogP contribution in [0.15, 0.2) is 48.8 Å². The van der Waals surface area contributed by atoms with Crippen molar-refractivity contribution in [2.24, 2.45) is 0 Å². The van der Waals surface area contributed by atoms with E-state index in [4.69, 9.17) is 4.74 Å². The Morgan fingerprint density at radius 3 is 2.68 bits per heavy atom. The fourth-order valence-corrected chi connectivity index (χ4v) is 4.41. The van der Waals surface area contributed by atoms with Gasteiger partial charge in [0.15, 0.2) is 0 Å². The second kappa shape index (κ2) is 8.59. The molecular weight excluding hydrogens is 397 g/mol. The van der Waals surface area contributed by atoms with Crippen molar-refractivity contribution >= 4 is 16.8 Å². The molecule has 1 aromatic carbocycles. The molecule has 31 heavy (non-hydrogen) atoms. The van der Waals surface area contributed by atoms with Crippen LogP contribution in [-0.2, 0) is 0 Å². The molecule has 1 aliphatic rings. The normalized spacial score (nSPS) is 22.1. The molecule has 2 aromatic heterocycles. The number of hydrogen-bond donors (Lipinski definition) is 2. The molecule has 0 radical (unpaired) electrons. The number of nitrogens with zero attached hydrogens (tertiary/aromatic N) is 2. The molecule has 1 aliphatic carbocycles. The molecule has 2 N–H and O–H groups in total. The molecule has 0 aliphatic heterocycles. The molecular formula is C24H26FN3O3. The van der Waals surface area contributed by atoms with Crippen molar-refractivity contribution in [3.05, 3.63) is 65.7 Å². The average molecular weight is 423 g/mol. The highest BCUT2D eigenvalue weighted by Crippen LogP contribution is 2.41. The standard InChI is InChI=1S/C24H26FN3O3/c1-15(28-23(29)17-3-6-22(31-2)27-14-17)24(30)10-7-16(8-11-24)19-9-12-26-21-5-4-18(25)13-20(19)21/h3-6,9,12-16,30H,7-8,10-11H2,1-2H3,(H,28,29)/t15-,16-,24-/m0/s1. The van der Waals surface area contributed by atoms with Gasteiger partial charge in [-0.3, -0.25) is 9.78 Å². The molecule has 3 aromatic rings. The Labute approximate surface area is 180 Å². The first-order valence-electron chi connectivity index (χ1n) is 10.5. The number of nitrogens with one attached hydrogen (secondary N) is 1. The summed E-state index contributed by atoms with van der Waals surface area (Å²) >= 11 is 0. The van der Waals surface area contributed by atoms with Gasteiger partial charge >= 0.3 is 0 Å². The number of fused-ring (bicyclic) bond motifs is 1. The van der Waals surface area contributed by atoms with Crippen molar-refractivity contribution in [2.75, 3.05) is 7.11 Å². The molecule has 1 saturated carbocycles. The Morgan fingerprint density at radius 2 is 2.00 bits per heavy atom. The zero-order chi connectivity index (χ0) is 22.0. The fourth-order valence-electron chi connectivity index (χ4n) is 4.41. The number of carbonyl (C=O) groups is 1. The third kappa shape index (κ3) is 4.37. The van der Waals surface area contributed by atoms with Crippen molar-refractivity contribution in [3.8, 4) is 5.88 Å². The Bertz CT molecular complexity index is 1080. The van der Waals surface area contributed by atoms with Crippen LogP contribution in [0.1, 0.15) is 54.4 Å². The van der Waals surface area contributed by atoms with Crippen molar-refractivity contribution in [2.45, 2.75) is 50.2 Å². The van der Waals surface area contributed by atoms with E-state index in [1.807, 2.05) is 13.0 Å². The summed E-state index contributed by atoms with van der Waals surface area (Å²) in [6, 6.07) is 9.43. The number of rotatable bonds is 5. The third-order valence-electron chi connectivity index (χ3n) is 6.39. The highest BCUT2D eigenvalue weighted by Gasteiger charge is 2.39. The van der Waals surface area contributed by atoms with Crippen LogP contribution < -0.4 is 10.1 Å². The SMILES string of the molecule is COc1ccc(C(=O)N[C@@H](C)[C@]2(O)CC[C@H](c3ccnc4ccc(F)cc43)CC2)cn1. The number of pyridine rings is 2. The largest absolute Gasteiger partial charge is 0.481 e. The number of amides is 1. The molecule has 6 nitrogen and oxygen atoms in total. The molecule has 0 unspecified atom stereocenters. The number of ether oxygens (including phenoxy) is 1. The Morgan fingerprint density at radius 1 is 1.23 bits per heavy atom. The lowest BCUT2D eigenvalue weighted by atomic mass is 9.73. The highest BCUT2D eigenvalue weighted by molar-refractivity contribution is 5.94. The maximum atomic E-state index is 13.8. The maximum absolute atomic E-state index is 13.8. The van der Waals surface area contributed by atoms with Crippen LogP contribution in [0.2, 0.25) is 0 Å². The summed E-state index contributed by atoms with van der Waals surface area (Å²) in [5.41, 5.74) is 1.25. The number of carbonyl (C=O) groups excluding carboxylic acids is 1. The first-order chi connectivity index (χ1) is 14.9. The van der Waals surface area contributed by atoms with Gasteiger partial charge in [0, 0.05) is 23.8 Å². The van der Waals surface area contributed by atoms with Crippen LogP contribution in [0.4, 0.5) is 4.39 Å². The van der Waals surface area contributed by atoms with E-state index in [0.29, 0.717) is 24.3 Å². The lowest BCUT2D eigenvalue weighted by molar-refractivity contribution is -0.0276. The third-order valence-corrected chi connectivity index (χ3v) is 6.39. The summed E-state index contributed by atoms with van der Waals surface area (Å²) in [5, 5.41) is 14.9. The maximum Gasteiger partial charge on any atom is 0.253 e. The van der Waals surface area contributed by atoms with Crippen LogP contribution in [0.3, 0.4) is 0 Å². The minimum absolute atomic E-state index is 0.210. The van der Waals surface area contributed by atoms with Gasteiger partial charge in [0.1, 0.15) is 5.82 Å². The number of aromatic nitrogens is 2. The van der Waals surface area contributed by atoms with Gasteiger partial charge in [-0.15, -0.1) is 0 Å². The van der Waals surface area contributed by atoms with E-state index in [0.717, 1.165) is 29.3 Å². The van der Waals surface area contributed by atoms with Crippen LogP contribution >= 0.6 is 0 Å². The monoisotopic (exact) mass is 423 g/mol. The van der Waals surface area contributed by atoms with Crippen molar-refractivity contribution < 1.29 is 19.0 Å². The van der Waals surface area contributed by atoms with E-state index in [1.54, 1.807) is 24.4 Å². The lowest BCUT2D eigenvalue weighted by Gasteiger charge is -2.40. The molecule has 0 saturated heterocycles. The van der Waals surface area contributed by atoms with E-state index < -0.39 is 11.6 Å². The second-order valence-corrected chi connectivity index (χ2v) is 8.22. The minimum atomic E-state index is -1.000. The summed E-state index contributed by atoms with van der Waals surface area (Å²) in [6.45, 7) is 1.83. The summed E-state index contributed by atoms with van der Waals surface area (Å²) < 4.78 is 18.8. The van der Waals surface area contributed by atoms with Gasteiger partial charge in [-0.25, -0.2) is 9.37 Å². The summed E-state index contributed by atoms with van der Waals surface area (Å²) in [6.07, 6.45) is 5.78. The van der Waals surface area contributed by atoms with E-state index in [-0.39, 0.29) is 17.6 Å². The van der Waals surface area contributed by atoms with Crippen LogP contribution in [0.5, 0.6) is 5.88 Å². The van der Waals surface area contributed by atoms with Gasteiger partial charge in [0.25, 0.3) is 5.91 Å². The minimum Gasteiger partial charge on any atom is -0.481 e. The van der Waals surface area contributed by atoms with Gasteiger partial charge in [-0.05, 0) is 74.4 Å². The summed E-state index contributed by atoms with van der Waals surface area (Å²) in [4.78, 5) is 20.9. The Balaban J connectivity index is 1.43. The van der Waals surface area contributed by atoms with Crippen molar-refractivity contribution in [3.63, 3.8) is 0 Å². The second-order valence-electron chi connectivity index (χ2n) is 8.22. The Hall–Kier alpha value is -3.06.